The number of aromatic nitrogens is 2. The van der Waals surface area contributed by atoms with E-state index in [4.69, 9.17) is 15.6 Å². The third kappa shape index (κ3) is 4.10. The molecular weight excluding hydrogens is 236 g/mol. The van der Waals surface area contributed by atoms with E-state index in [2.05, 4.69) is 4.98 Å². The molecule has 18 heavy (non-hydrogen) atoms. The molecule has 102 valence electrons. The van der Waals surface area contributed by atoms with Gasteiger partial charge < -0.3 is 25.0 Å². The lowest BCUT2D eigenvalue weighted by Gasteiger charge is -2.20. The maximum Gasteiger partial charge on any atom is 0.274 e. The predicted molar refractivity (Wildman–Crippen MR) is 66.1 cm³/mol. The Labute approximate surface area is 106 Å². The molecule has 0 atom stereocenters. The second-order valence-corrected chi connectivity index (χ2v) is 3.79. The highest BCUT2D eigenvalue weighted by Gasteiger charge is 2.17. The molecule has 0 aliphatic rings. The van der Waals surface area contributed by atoms with Gasteiger partial charge in [-0.05, 0) is 0 Å². The summed E-state index contributed by atoms with van der Waals surface area (Å²) in [4.78, 5) is 17.7. The van der Waals surface area contributed by atoms with Gasteiger partial charge in [0, 0.05) is 39.5 Å². The summed E-state index contributed by atoms with van der Waals surface area (Å²) in [6, 6.07) is 0. The van der Waals surface area contributed by atoms with Crippen LogP contribution in [0.2, 0.25) is 0 Å². The summed E-state index contributed by atoms with van der Waals surface area (Å²) in [5.41, 5.74) is 5.78. The topological polar surface area (TPSA) is 93.6 Å². The van der Waals surface area contributed by atoms with Crippen molar-refractivity contribution in [1.82, 2.24) is 14.5 Å². The van der Waals surface area contributed by atoms with Crippen molar-refractivity contribution >= 4 is 5.91 Å². The summed E-state index contributed by atoms with van der Waals surface area (Å²) in [6.07, 6.45) is 3.24. The van der Waals surface area contributed by atoms with Gasteiger partial charge in [-0.1, -0.05) is 0 Å². The highest BCUT2D eigenvalue weighted by atomic mass is 16.5. The monoisotopic (exact) mass is 256 g/mol. The number of imidazole rings is 1. The number of hydrogen-bond acceptors (Lipinski definition) is 5. The zero-order valence-electron chi connectivity index (χ0n) is 10.6. The minimum Gasteiger partial charge on any atom is -0.395 e. The third-order valence-electron chi connectivity index (χ3n) is 2.46. The first-order valence-electron chi connectivity index (χ1n) is 5.83. The van der Waals surface area contributed by atoms with Crippen molar-refractivity contribution in [3.05, 3.63) is 18.2 Å². The van der Waals surface area contributed by atoms with E-state index < -0.39 is 0 Å². The number of hydrogen-bond donors (Lipinski definition) is 2. The average Bonchev–Trinajstić information content (AvgIpc) is 2.83. The second kappa shape index (κ2) is 7.80. The Balaban J connectivity index is 2.67. The fraction of sp³-hybridized carbons (Fsp3) is 0.636. The van der Waals surface area contributed by atoms with Crippen molar-refractivity contribution in [2.75, 3.05) is 40.0 Å². The summed E-state index contributed by atoms with van der Waals surface area (Å²) < 4.78 is 6.70. The van der Waals surface area contributed by atoms with E-state index >= 15 is 0 Å². The lowest BCUT2D eigenvalue weighted by molar-refractivity contribution is 0.0651. The maximum atomic E-state index is 12.1. The van der Waals surface area contributed by atoms with Crippen molar-refractivity contribution in [3.63, 3.8) is 0 Å². The molecule has 1 aromatic rings. The van der Waals surface area contributed by atoms with Crippen LogP contribution in [-0.4, -0.2) is 65.4 Å². The molecule has 0 spiro atoms. The number of amides is 1. The van der Waals surface area contributed by atoms with Crippen LogP contribution in [0.3, 0.4) is 0 Å². The van der Waals surface area contributed by atoms with Gasteiger partial charge >= 0.3 is 0 Å². The Morgan fingerprint density at radius 2 is 2.39 bits per heavy atom. The van der Waals surface area contributed by atoms with Gasteiger partial charge in [0.1, 0.15) is 5.69 Å². The Hall–Kier alpha value is -1.44. The van der Waals surface area contributed by atoms with E-state index in [0.29, 0.717) is 31.9 Å². The molecule has 1 aromatic heterocycles. The van der Waals surface area contributed by atoms with Crippen LogP contribution >= 0.6 is 0 Å². The van der Waals surface area contributed by atoms with Gasteiger partial charge in [0.05, 0.1) is 19.5 Å². The number of rotatable bonds is 8. The van der Waals surface area contributed by atoms with Crippen molar-refractivity contribution < 1.29 is 14.6 Å². The molecule has 7 heteroatoms. The van der Waals surface area contributed by atoms with Crippen molar-refractivity contribution in [2.24, 2.45) is 5.73 Å². The number of methoxy groups -OCH3 is 1. The van der Waals surface area contributed by atoms with Crippen LogP contribution in [-0.2, 0) is 11.3 Å². The average molecular weight is 256 g/mol. The third-order valence-corrected chi connectivity index (χ3v) is 2.46. The molecule has 0 aliphatic heterocycles. The molecule has 1 rings (SSSR count). The van der Waals surface area contributed by atoms with Crippen LogP contribution in [0.25, 0.3) is 0 Å². The van der Waals surface area contributed by atoms with Gasteiger partial charge in [0.15, 0.2) is 0 Å². The predicted octanol–water partition coefficient (Wildman–Crippen LogP) is -1.08. The van der Waals surface area contributed by atoms with Crippen LogP contribution in [0.15, 0.2) is 12.5 Å². The van der Waals surface area contributed by atoms with Crippen LogP contribution in [0.1, 0.15) is 10.5 Å². The number of aliphatic hydroxyl groups is 1. The first kappa shape index (κ1) is 14.6. The molecule has 0 unspecified atom stereocenters. The highest BCUT2D eigenvalue weighted by Crippen LogP contribution is 2.02. The molecule has 0 radical (unpaired) electrons. The quantitative estimate of drug-likeness (QED) is 0.617. The van der Waals surface area contributed by atoms with Gasteiger partial charge in [-0.15, -0.1) is 0 Å². The highest BCUT2D eigenvalue weighted by molar-refractivity contribution is 5.92. The first-order valence-corrected chi connectivity index (χ1v) is 5.83. The molecule has 0 saturated carbocycles. The van der Waals surface area contributed by atoms with E-state index in [9.17, 15) is 4.79 Å². The van der Waals surface area contributed by atoms with Gasteiger partial charge in [0.2, 0.25) is 0 Å². The standard InChI is InChI=1S/C11H20N4O3/c1-18-7-5-15(4-6-16)11(17)10-8-14(3-2-12)9-13-10/h8-9,16H,2-7,12H2,1H3. The zero-order valence-corrected chi connectivity index (χ0v) is 10.6. The van der Waals surface area contributed by atoms with Crippen molar-refractivity contribution in [1.29, 1.82) is 0 Å². The minimum atomic E-state index is -0.211. The van der Waals surface area contributed by atoms with E-state index in [0.717, 1.165) is 0 Å². The van der Waals surface area contributed by atoms with Crippen molar-refractivity contribution in [3.8, 4) is 0 Å². The van der Waals surface area contributed by atoms with Crippen LogP contribution < -0.4 is 5.73 Å². The second-order valence-electron chi connectivity index (χ2n) is 3.79. The zero-order chi connectivity index (χ0) is 13.4. The largest absolute Gasteiger partial charge is 0.395 e. The van der Waals surface area contributed by atoms with E-state index in [1.54, 1.807) is 24.2 Å². The number of ether oxygens (including phenoxy) is 1. The summed E-state index contributed by atoms with van der Waals surface area (Å²) >= 11 is 0. The Kier molecular flexibility index (Phi) is 6.34. The van der Waals surface area contributed by atoms with Crippen LogP contribution in [0, 0.1) is 0 Å². The molecule has 0 bridgehead atoms. The summed E-state index contributed by atoms with van der Waals surface area (Å²) in [5.74, 6) is -0.211. The molecule has 7 nitrogen and oxygen atoms in total. The fourth-order valence-corrected chi connectivity index (χ4v) is 1.54. The van der Waals surface area contributed by atoms with E-state index in [1.165, 1.54) is 4.90 Å². The first-order chi connectivity index (χ1) is 8.72. The minimum absolute atomic E-state index is 0.0844. The van der Waals surface area contributed by atoms with Crippen molar-refractivity contribution in [2.45, 2.75) is 6.54 Å². The van der Waals surface area contributed by atoms with Gasteiger partial charge in [-0.2, -0.15) is 0 Å². The Morgan fingerprint density at radius 3 is 3.00 bits per heavy atom. The van der Waals surface area contributed by atoms with E-state index in [1.807, 2.05) is 0 Å². The summed E-state index contributed by atoms with van der Waals surface area (Å²) in [7, 11) is 1.57. The van der Waals surface area contributed by atoms with Crippen LogP contribution in [0.4, 0.5) is 0 Å². The summed E-state index contributed by atoms with van der Waals surface area (Å²) in [5, 5.41) is 8.94. The number of aliphatic hydroxyl groups excluding tert-OH is 1. The molecule has 3 N–H and O–H groups in total. The lowest BCUT2D eigenvalue weighted by Crippen LogP contribution is -2.36. The smallest absolute Gasteiger partial charge is 0.274 e. The number of nitrogens with zero attached hydrogens (tertiary/aromatic N) is 3. The molecule has 0 saturated heterocycles. The number of nitrogens with two attached hydrogens (primary N) is 1. The van der Waals surface area contributed by atoms with E-state index in [-0.39, 0.29) is 19.1 Å². The molecule has 0 aromatic carbocycles. The van der Waals surface area contributed by atoms with Gasteiger partial charge in [0.25, 0.3) is 5.91 Å². The molecular formula is C11H20N4O3. The van der Waals surface area contributed by atoms with Gasteiger partial charge in [-0.3, -0.25) is 4.79 Å². The Morgan fingerprint density at radius 1 is 1.61 bits per heavy atom. The molecule has 0 aliphatic carbocycles. The normalized spacial score (nSPS) is 10.6. The number of carbonyl (C=O) groups is 1. The molecule has 0 fully saturated rings. The maximum absolute atomic E-state index is 12.1. The summed E-state index contributed by atoms with van der Waals surface area (Å²) in [6.45, 7) is 2.16. The fourth-order valence-electron chi connectivity index (χ4n) is 1.54. The Bertz CT molecular complexity index is 367. The van der Waals surface area contributed by atoms with Gasteiger partial charge in [-0.25, -0.2) is 4.98 Å². The van der Waals surface area contributed by atoms with Crippen LogP contribution in [0.5, 0.6) is 0 Å². The number of carbonyl (C=O) groups excluding carboxylic acids is 1. The molecule has 1 amide bonds. The molecule has 1 heterocycles. The SMILES string of the molecule is COCCN(CCO)C(=O)c1cn(CCN)cn1. The lowest BCUT2D eigenvalue weighted by atomic mass is 10.3.